The first kappa shape index (κ1) is 14.9. The van der Waals surface area contributed by atoms with Gasteiger partial charge in [0, 0.05) is 13.0 Å². The summed E-state index contributed by atoms with van der Waals surface area (Å²) in [7, 11) is 1.28. The molecule has 7 heteroatoms. The Bertz CT molecular complexity index is 419. The molecule has 0 radical (unpaired) electrons. The number of carbonyl (C=O) groups is 2. The Balaban J connectivity index is 2.30. The highest BCUT2D eigenvalue weighted by Gasteiger charge is 2.07. The highest BCUT2D eigenvalue weighted by atomic mass is 16.5. The molecule has 1 heterocycles. The first-order valence-corrected chi connectivity index (χ1v) is 5.99. The molecule has 0 aliphatic heterocycles. The fraction of sp³-hybridized carbons (Fsp3) is 0.500. The zero-order valence-corrected chi connectivity index (χ0v) is 11.0. The van der Waals surface area contributed by atoms with E-state index in [2.05, 4.69) is 20.3 Å². The van der Waals surface area contributed by atoms with E-state index in [1.54, 1.807) is 13.0 Å². The first-order valence-electron chi connectivity index (χ1n) is 5.99. The van der Waals surface area contributed by atoms with Crippen molar-refractivity contribution >= 4 is 17.8 Å². The summed E-state index contributed by atoms with van der Waals surface area (Å²) >= 11 is 0. The van der Waals surface area contributed by atoms with E-state index in [0.717, 1.165) is 0 Å². The van der Waals surface area contributed by atoms with E-state index >= 15 is 0 Å². The molecule has 104 valence electrons. The molecule has 0 unspecified atom stereocenters. The van der Waals surface area contributed by atoms with Crippen molar-refractivity contribution in [2.24, 2.45) is 0 Å². The third-order valence-electron chi connectivity index (χ3n) is 2.23. The zero-order valence-electron chi connectivity index (χ0n) is 11.0. The van der Waals surface area contributed by atoms with Gasteiger partial charge < -0.3 is 14.8 Å². The molecule has 0 amide bonds. The van der Waals surface area contributed by atoms with Gasteiger partial charge in [0.1, 0.15) is 5.82 Å². The van der Waals surface area contributed by atoms with Crippen molar-refractivity contribution in [1.82, 2.24) is 10.2 Å². The quantitative estimate of drug-likeness (QED) is 0.582. The molecule has 0 aliphatic rings. The average molecular weight is 267 g/mol. The molecule has 0 atom stereocenters. The second-order valence-electron chi connectivity index (χ2n) is 3.63. The maximum absolute atomic E-state index is 11.1. The third kappa shape index (κ3) is 5.33. The number of rotatable bonds is 7. The van der Waals surface area contributed by atoms with Gasteiger partial charge >= 0.3 is 11.9 Å². The molecule has 0 saturated carbocycles. The van der Waals surface area contributed by atoms with Gasteiger partial charge in [-0.05, 0) is 25.5 Å². The number of aromatic nitrogens is 2. The lowest BCUT2D eigenvalue weighted by atomic mass is 10.3. The number of ether oxygens (including phenoxy) is 2. The van der Waals surface area contributed by atoms with Crippen molar-refractivity contribution in [3.05, 3.63) is 17.8 Å². The Morgan fingerprint density at radius 1 is 1.32 bits per heavy atom. The number of nitrogens with one attached hydrogen (secondary N) is 1. The van der Waals surface area contributed by atoms with Crippen LogP contribution in [0.5, 0.6) is 0 Å². The van der Waals surface area contributed by atoms with Gasteiger partial charge in [0.25, 0.3) is 0 Å². The Morgan fingerprint density at radius 3 is 2.68 bits per heavy atom. The summed E-state index contributed by atoms with van der Waals surface area (Å²) < 4.78 is 9.31. The van der Waals surface area contributed by atoms with Crippen LogP contribution in [-0.2, 0) is 14.3 Å². The number of methoxy groups -OCH3 is 1. The Labute approximate surface area is 111 Å². The van der Waals surface area contributed by atoms with Crippen molar-refractivity contribution in [1.29, 1.82) is 0 Å². The molecule has 0 aromatic carbocycles. The summed E-state index contributed by atoms with van der Waals surface area (Å²) in [5, 5.41) is 10.5. The van der Waals surface area contributed by atoms with Gasteiger partial charge in [0.2, 0.25) is 0 Å². The molecule has 0 bridgehead atoms. The van der Waals surface area contributed by atoms with E-state index in [9.17, 15) is 9.59 Å². The second-order valence-corrected chi connectivity index (χ2v) is 3.63. The van der Waals surface area contributed by atoms with Gasteiger partial charge in [-0.3, -0.25) is 4.79 Å². The lowest BCUT2D eigenvalue weighted by molar-refractivity contribution is -0.143. The Kier molecular flexibility index (Phi) is 6.28. The Morgan fingerprint density at radius 2 is 2.11 bits per heavy atom. The highest BCUT2D eigenvalue weighted by molar-refractivity contribution is 5.86. The molecule has 0 spiro atoms. The molecule has 1 aromatic rings. The van der Waals surface area contributed by atoms with Crippen molar-refractivity contribution in [3.63, 3.8) is 0 Å². The summed E-state index contributed by atoms with van der Waals surface area (Å²) in [5.41, 5.74) is 0.152. The summed E-state index contributed by atoms with van der Waals surface area (Å²) in [6.45, 7) is 2.74. The summed E-state index contributed by atoms with van der Waals surface area (Å²) in [6.07, 6.45) is 0.994. The maximum Gasteiger partial charge on any atom is 0.358 e. The molecule has 1 aromatic heterocycles. The minimum Gasteiger partial charge on any atom is -0.466 e. The lowest BCUT2D eigenvalue weighted by Crippen LogP contribution is -2.10. The maximum atomic E-state index is 11.1. The van der Waals surface area contributed by atoms with Crippen molar-refractivity contribution in [2.45, 2.75) is 19.8 Å². The summed E-state index contributed by atoms with van der Waals surface area (Å²) in [6, 6.07) is 3.15. The van der Waals surface area contributed by atoms with Crippen LogP contribution in [0, 0.1) is 0 Å². The van der Waals surface area contributed by atoms with Gasteiger partial charge in [-0.1, -0.05) is 0 Å². The molecule has 1 N–H and O–H groups in total. The largest absolute Gasteiger partial charge is 0.466 e. The van der Waals surface area contributed by atoms with Crippen LogP contribution in [0.2, 0.25) is 0 Å². The van der Waals surface area contributed by atoms with E-state index < -0.39 is 5.97 Å². The van der Waals surface area contributed by atoms with Crippen LogP contribution in [0.4, 0.5) is 5.82 Å². The summed E-state index contributed by atoms with van der Waals surface area (Å²) in [5.74, 6) is -0.200. The van der Waals surface area contributed by atoms with E-state index in [4.69, 9.17) is 4.74 Å². The monoisotopic (exact) mass is 267 g/mol. The van der Waals surface area contributed by atoms with Gasteiger partial charge in [-0.15, -0.1) is 10.2 Å². The molecule has 7 nitrogen and oxygen atoms in total. The molecule has 19 heavy (non-hydrogen) atoms. The van der Waals surface area contributed by atoms with E-state index in [-0.39, 0.29) is 11.7 Å². The van der Waals surface area contributed by atoms with Crippen LogP contribution in [0.15, 0.2) is 12.1 Å². The average Bonchev–Trinajstić information content (AvgIpc) is 2.44. The van der Waals surface area contributed by atoms with Gasteiger partial charge in [0.05, 0.1) is 13.7 Å². The first-order chi connectivity index (χ1) is 9.17. The SMILES string of the molecule is CCOC(=O)CCCNc1ccc(C(=O)OC)nn1. The van der Waals surface area contributed by atoms with Gasteiger partial charge in [-0.25, -0.2) is 4.79 Å². The molecule has 0 aliphatic carbocycles. The number of nitrogens with zero attached hydrogens (tertiary/aromatic N) is 2. The Hall–Kier alpha value is -2.18. The molecule has 0 saturated heterocycles. The number of hydrogen-bond acceptors (Lipinski definition) is 7. The van der Waals surface area contributed by atoms with Crippen molar-refractivity contribution in [2.75, 3.05) is 25.6 Å². The molecule has 1 rings (SSSR count). The number of anilines is 1. The minimum absolute atomic E-state index is 0.152. The molecular weight excluding hydrogens is 250 g/mol. The van der Waals surface area contributed by atoms with E-state index in [1.165, 1.54) is 13.2 Å². The second kappa shape index (κ2) is 8.02. The van der Waals surface area contributed by atoms with Crippen LogP contribution in [0.25, 0.3) is 0 Å². The third-order valence-corrected chi connectivity index (χ3v) is 2.23. The standard InChI is InChI=1S/C12H17N3O4/c1-3-19-11(16)5-4-8-13-10-7-6-9(14-15-10)12(17)18-2/h6-7H,3-5,8H2,1-2H3,(H,13,15). The number of carbonyl (C=O) groups excluding carboxylic acids is 2. The van der Waals surface area contributed by atoms with Crippen molar-refractivity contribution in [3.8, 4) is 0 Å². The lowest BCUT2D eigenvalue weighted by Gasteiger charge is -2.05. The van der Waals surface area contributed by atoms with Crippen LogP contribution >= 0.6 is 0 Å². The fourth-order valence-electron chi connectivity index (χ4n) is 1.32. The number of esters is 2. The smallest absolute Gasteiger partial charge is 0.358 e. The van der Waals surface area contributed by atoms with Crippen LogP contribution in [0.3, 0.4) is 0 Å². The van der Waals surface area contributed by atoms with Crippen LogP contribution in [0.1, 0.15) is 30.3 Å². The van der Waals surface area contributed by atoms with Gasteiger partial charge in [-0.2, -0.15) is 0 Å². The van der Waals surface area contributed by atoms with Crippen LogP contribution in [-0.4, -0.2) is 42.4 Å². The van der Waals surface area contributed by atoms with Crippen LogP contribution < -0.4 is 5.32 Å². The summed E-state index contributed by atoms with van der Waals surface area (Å²) in [4.78, 5) is 22.2. The number of hydrogen-bond donors (Lipinski definition) is 1. The topological polar surface area (TPSA) is 90.4 Å². The highest BCUT2D eigenvalue weighted by Crippen LogP contribution is 2.03. The molecular formula is C12H17N3O4. The predicted octanol–water partition coefficient (Wildman–Crippen LogP) is 1.02. The van der Waals surface area contributed by atoms with E-state index in [0.29, 0.717) is 31.8 Å². The minimum atomic E-state index is -0.527. The predicted molar refractivity (Wildman–Crippen MR) is 67.7 cm³/mol. The van der Waals surface area contributed by atoms with Crippen molar-refractivity contribution < 1.29 is 19.1 Å². The van der Waals surface area contributed by atoms with Gasteiger partial charge in [0.15, 0.2) is 5.69 Å². The normalized spacial score (nSPS) is 9.79. The molecule has 0 fully saturated rings. The fourth-order valence-corrected chi connectivity index (χ4v) is 1.32. The van der Waals surface area contributed by atoms with E-state index in [1.807, 2.05) is 0 Å². The zero-order chi connectivity index (χ0) is 14.1.